The van der Waals surface area contributed by atoms with E-state index in [0.29, 0.717) is 24.3 Å². The molecule has 21 heavy (non-hydrogen) atoms. The molecule has 0 saturated carbocycles. The largest absolute Gasteiger partial charge is 0.294 e. The summed E-state index contributed by atoms with van der Waals surface area (Å²) in [7, 11) is -8.92. The minimum Gasteiger partial charge on any atom is -0.282 e. The second-order valence-corrected chi connectivity index (χ2v) is 7.43. The molecule has 0 fully saturated rings. The van der Waals surface area contributed by atoms with Crippen LogP contribution in [0.3, 0.4) is 0 Å². The highest BCUT2D eigenvalue weighted by Crippen LogP contribution is 2.24. The molecule has 5 nitrogen and oxygen atoms in total. The third-order valence-electron chi connectivity index (χ3n) is 2.56. The molecule has 0 aliphatic carbocycles. The van der Waals surface area contributed by atoms with Crippen molar-refractivity contribution in [1.29, 1.82) is 0 Å². The van der Waals surface area contributed by atoms with Gasteiger partial charge in [-0.05, 0) is 30.3 Å². The fraction of sp³-hybridized carbons (Fsp3) is 0. The molecule has 0 spiro atoms. The number of hydrogen-bond acceptors (Lipinski definition) is 4. The highest BCUT2D eigenvalue weighted by Gasteiger charge is 2.21. The molecule has 0 amide bonds. The summed E-state index contributed by atoms with van der Waals surface area (Å²) in [5, 5.41) is 0. The smallest absolute Gasteiger partial charge is 0.282 e. The molecule has 0 heterocycles. The van der Waals surface area contributed by atoms with E-state index in [1.54, 1.807) is 0 Å². The Morgan fingerprint density at radius 1 is 0.762 bits per heavy atom. The average molecular weight is 334 g/mol. The second-order valence-electron chi connectivity index (χ2n) is 4.06. The number of benzene rings is 2. The summed E-state index contributed by atoms with van der Waals surface area (Å²) in [4.78, 5) is -1.81. The summed E-state index contributed by atoms with van der Waals surface area (Å²) in [6.45, 7) is 0. The van der Waals surface area contributed by atoms with Crippen molar-refractivity contribution in [3.8, 4) is 0 Å². The lowest BCUT2D eigenvalue weighted by molar-refractivity contribution is 0.483. The van der Waals surface area contributed by atoms with Gasteiger partial charge >= 0.3 is 0 Å². The van der Waals surface area contributed by atoms with Gasteiger partial charge in [0, 0.05) is 6.07 Å². The summed E-state index contributed by atoms with van der Waals surface area (Å²) < 4.78 is 81.5. The van der Waals surface area contributed by atoms with Crippen molar-refractivity contribution in [2.75, 3.05) is 0 Å². The molecule has 0 unspecified atom stereocenters. The first kappa shape index (κ1) is 15.5. The number of hydrogen-bond donors (Lipinski definition) is 1. The Morgan fingerprint density at radius 2 is 1.29 bits per heavy atom. The van der Waals surface area contributed by atoms with Crippen LogP contribution in [0.5, 0.6) is 0 Å². The van der Waals surface area contributed by atoms with E-state index in [1.807, 2.05) is 0 Å². The maximum Gasteiger partial charge on any atom is 0.294 e. The first-order chi connectivity index (χ1) is 9.60. The summed E-state index contributed by atoms with van der Waals surface area (Å²) in [6.07, 6.45) is 0. The maximum atomic E-state index is 13.1. The second kappa shape index (κ2) is 5.17. The maximum absolute atomic E-state index is 13.1. The fourth-order valence-corrected chi connectivity index (χ4v) is 3.57. The molecule has 2 aromatic rings. The summed E-state index contributed by atoms with van der Waals surface area (Å²) in [5.41, 5.74) is 0. The molecular weight excluding hydrogens is 326 g/mol. The van der Waals surface area contributed by atoms with Gasteiger partial charge in [0.15, 0.2) is 0 Å². The first-order valence-electron chi connectivity index (χ1n) is 5.39. The quantitative estimate of drug-likeness (QED) is 0.868. The van der Waals surface area contributed by atoms with Crippen LogP contribution in [0, 0.1) is 11.6 Å². The average Bonchev–Trinajstić information content (AvgIpc) is 2.36. The SMILES string of the molecule is O=S(=O)(O)c1cccc(S(=O)(=O)c2cc(F)cc(F)c2)c1. The molecule has 2 aromatic carbocycles. The van der Waals surface area contributed by atoms with E-state index in [-0.39, 0.29) is 0 Å². The lowest BCUT2D eigenvalue weighted by Gasteiger charge is -2.06. The molecule has 0 aliphatic rings. The predicted octanol–water partition coefficient (Wildman–Crippen LogP) is 2.04. The van der Waals surface area contributed by atoms with Gasteiger partial charge in [0.2, 0.25) is 9.84 Å². The normalized spacial score (nSPS) is 12.3. The van der Waals surface area contributed by atoms with E-state index in [9.17, 15) is 25.6 Å². The van der Waals surface area contributed by atoms with Crippen molar-refractivity contribution in [3.63, 3.8) is 0 Å². The molecule has 0 atom stereocenters. The summed E-state index contributed by atoms with van der Waals surface area (Å²) >= 11 is 0. The van der Waals surface area contributed by atoms with Crippen molar-refractivity contribution in [1.82, 2.24) is 0 Å². The molecule has 0 bridgehead atoms. The Hall–Kier alpha value is -1.84. The van der Waals surface area contributed by atoms with Crippen LogP contribution in [-0.4, -0.2) is 21.4 Å². The van der Waals surface area contributed by atoms with Gasteiger partial charge in [0.05, 0.1) is 14.7 Å². The van der Waals surface area contributed by atoms with Crippen LogP contribution in [0.15, 0.2) is 57.2 Å². The van der Waals surface area contributed by atoms with Gasteiger partial charge in [-0.15, -0.1) is 0 Å². The van der Waals surface area contributed by atoms with Gasteiger partial charge < -0.3 is 0 Å². The van der Waals surface area contributed by atoms with E-state index < -0.39 is 46.3 Å². The molecule has 0 saturated heterocycles. The van der Waals surface area contributed by atoms with Crippen LogP contribution in [0.1, 0.15) is 0 Å². The molecular formula is C12H8F2O5S2. The standard InChI is InChI=1S/C12H8F2O5S2/c13-8-4-9(14)6-12(5-8)20(15,16)10-2-1-3-11(7-10)21(17,18)19/h1-7H,(H,17,18,19). The van der Waals surface area contributed by atoms with Crippen molar-refractivity contribution in [3.05, 3.63) is 54.1 Å². The summed E-state index contributed by atoms with van der Waals surface area (Å²) in [6, 6.07) is 5.55. The summed E-state index contributed by atoms with van der Waals surface area (Å²) in [5.74, 6) is -2.17. The molecule has 9 heteroatoms. The van der Waals surface area contributed by atoms with Crippen LogP contribution >= 0.6 is 0 Å². The van der Waals surface area contributed by atoms with Crippen LogP contribution in [-0.2, 0) is 20.0 Å². The van der Waals surface area contributed by atoms with Crippen molar-refractivity contribution < 1.29 is 30.2 Å². The predicted molar refractivity (Wildman–Crippen MR) is 68.1 cm³/mol. The van der Waals surface area contributed by atoms with E-state index in [2.05, 4.69) is 0 Å². The lowest BCUT2D eigenvalue weighted by Crippen LogP contribution is -2.05. The first-order valence-corrected chi connectivity index (χ1v) is 8.32. The van der Waals surface area contributed by atoms with Crippen LogP contribution in [0.4, 0.5) is 8.78 Å². The Kier molecular flexibility index (Phi) is 3.83. The molecule has 112 valence electrons. The highest BCUT2D eigenvalue weighted by molar-refractivity contribution is 7.91. The van der Waals surface area contributed by atoms with Crippen LogP contribution < -0.4 is 0 Å². The topological polar surface area (TPSA) is 88.5 Å². The van der Waals surface area contributed by atoms with Crippen molar-refractivity contribution >= 4 is 20.0 Å². The Morgan fingerprint density at radius 3 is 1.81 bits per heavy atom. The Labute approximate surface area is 119 Å². The van der Waals surface area contributed by atoms with Gasteiger partial charge in [0.25, 0.3) is 10.1 Å². The van der Waals surface area contributed by atoms with Gasteiger partial charge in [-0.3, -0.25) is 4.55 Å². The van der Waals surface area contributed by atoms with Gasteiger partial charge in [-0.1, -0.05) is 6.07 Å². The van der Waals surface area contributed by atoms with Crippen molar-refractivity contribution in [2.45, 2.75) is 14.7 Å². The van der Waals surface area contributed by atoms with Crippen LogP contribution in [0.25, 0.3) is 0 Å². The minimum absolute atomic E-state index is 0.508. The monoisotopic (exact) mass is 334 g/mol. The van der Waals surface area contributed by atoms with Gasteiger partial charge in [-0.2, -0.15) is 8.42 Å². The highest BCUT2D eigenvalue weighted by atomic mass is 32.2. The Bertz CT molecular complexity index is 885. The van der Waals surface area contributed by atoms with Gasteiger partial charge in [-0.25, -0.2) is 17.2 Å². The molecule has 0 radical (unpaired) electrons. The minimum atomic E-state index is -4.60. The zero-order chi connectivity index (χ0) is 15.8. The number of rotatable bonds is 3. The van der Waals surface area contributed by atoms with Crippen molar-refractivity contribution in [2.24, 2.45) is 0 Å². The van der Waals surface area contributed by atoms with E-state index in [1.165, 1.54) is 0 Å². The van der Waals surface area contributed by atoms with E-state index in [4.69, 9.17) is 4.55 Å². The third-order valence-corrected chi connectivity index (χ3v) is 5.14. The van der Waals surface area contributed by atoms with E-state index >= 15 is 0 Å². The molecule has 2 rings (SSSR count). The number of halogens is 2. The van der Waals surface area contributed by atoms with Gasteiger partial charge in [0.1, 0.15) is 11.6 Å². The molecule has 0 aliphatic heterocycles. The van der Waals surface area contributed by atoms with E-state index in [0.717, 1.165) is 18.2 Å². The zero-order valence-corrected chi connectivity index (χ0v) is 11.8. The Balaban J connectivity index is 2.65. The third kappa shape index (κ3) is 3.26. The molecule has 0 aromatic heterocycles. The fourth-order valence-electron chi connectivity index (χ4n) is 1.62. The van der Waals surface area contributed by atoms with Crippen LogP contribution in [0.2, 0.25) is 0 Å². The number of sulfone groups is 1. The zero-order valence-electron chi connectivity index (χ0n) is 10.2. The molecule has 1 N–H and O–H groups in total. The lowest BCUT2D eigenvalue weighted by atomic mass is 10.3.